The summed E-state index contributed by atoms with van der Waals surface area (Å²) in [5, 5.41) is 0. The molecule has 5 nitrogen and oxygen atoms in total. The van der Waals surface area contributed by atoms with Crippen LogP contribution in [0, 0.1) is 0 Å². The molecule has 8 heteroatoms. The molecule has 5 rings (SSSR count). The second-order valence-corrected chi connectivity index (χ2v) is 10.5. The molecule has 170 valence electrons. The van der Waals surface area contributed by atoms with Gasteiger partial charge in [0.1, 0.15) is 6.04 Å². The molecule has 0 N–H and O–H groups in total. The van der Waals surface area contributed by atoms with Crippen LogP contribution in [0.15, 0.2) is 24.3 Å². The van der Waals surface area contributed by atoms with Crippen LogP contribution in [0.4, 0.5) is 0 Å². The summed E-state index contributed by atoms with van der Waals surface area (Å²) in [6.45, 7) is 3.62. The Hall–Kier alpha value is -1.95. The van der Waals surface area contributed by atoms with Crippen molar-refractivity contribution in [2.75, 3.05) is 27.1 Å². The Morgan fingerprint density at radius 3 is 2.66 bits per heavy atom. The van der Waals surface area contributed by atoms with E-state index in [1.807, 2.05) is 18.2 Å². The molecule has 3 aliphatic heterocycles. The monoisotopic (exact) mass is 495 g/mol. The second kappa shape index (κ2) is 8.44. The first kappa shape index (κ1) is 21.9. The first-order chi connectivity index (χ1) is 15.4. The average molecular weight is 497 g/mol. The van der Waals surface area contributed by atoms with E-state index in [-0.39, 0.29) is 6.79 Å². The molecule has 0 saturated carbocycles. The molecule has 0 saturated heterocycles. The lowest BCUT2D eigenvalue weighted by atomic mass is 9.86. The first-order valence-electron chi connectivity index (χ1n) is 10.7. The van der Waals surface area contributed by atoms with Crippen molar-refractivity contribution in [3.05, 3.63) is 46.5 Å². The zero-order valence-corrected chi connectivity index (χ0v) is 20.2. The van der Waals surface area contributed by atoms with Gasteiger partial charge < -0.3 is 23.8 Å². The van der Waals surface area contributed by atoms with Crippen molar-refractivity contribution in [3.63, 3.8) is 0 Å². The van der Waals surface area contributed by atoms with Crippen molar-refractivity contribution in [2.24, 2.45) is 0 Å². The molecule has 3 heterocycles. The Bertz CT molecular complexity index is 1080. The fraction of sp³-hybridized carbons (Fsp3) is 0.417. The Morgan fingerprint density at radius 1 is 1.16 bits per heavy atom. The maximum Gasteiger partial charge on any atom is 0.231 e. The van der Waals surface area contributed by atoms with Crippen LogP contribution in [0.25, 0.3) is 11.8 Å². The molecule has 0 bridgehead atoms. The minimum absolute atomic E-state index is 0.235. The highest BCUT2D eigenvalue weighted by molar-refractivity contribution is 6.68. The van der Waals surface area contributed by atoms with E-state index in [9.17, 15) is 0 Å². The zero-order chi connectivity index (χ0) is 22.5. The number of fused-ring (bicyclic) bond motifs is 5. The van der Waals surface area contributed by atoms with Crippen molar-refractivity contribution < 1.29 is 18.9 Å². The third kappa shape index (κ3) is 3.64. The van der Waals surface area contributed by atoms with E-state index in [1.165, 1.54) is 5.56 Å². The topological polar surface area (TPSA) is 40.2 Å². The summed E-state index contributed by atoms with van der Waals surface area (Å²) in [5.74, 6) is 2.79. The quantitative estimate of drug-likeness (QED) is 0.355. The smallest absolute Gasteiger partial charge is 0.231 e. The van der Waals surface area contributed by atoms with E-state index in [4.69, 9.17) is 53.8 Å². The minimum atomic E-state index is -1.59. The summed E-state index contributed by atoms with van der Waals surface area (Å²) >= 11 is 19.9. The van der Waals surface area contributed by atoms with E-state index in [1.54, 1.807) is 7.11 Å². The Labute approximate surface area is 202 Å². The number of methoxy groups -OCH3 is 1. The summed E-state index contributed by atoms with van der Waals surface area (Å²) in [6.07, 6.45) is 4.88. The Balaban J connectivity index is 1.69. The van der Waals surface area contributed by atoms with Gasteiger partial charge in [0.05, 0.1) is 13.7 Å². The summed E-state index contributed by atoms with van der Waals surface area (Å²) in [7, 11) is 1.63. The van der Waals surface area contributed by atoms with Crippen molar-refractivity contribution >= 4 is 46.6 Å². The number of nitrogens with zero attached hydrogens (tertiary/aromatic N) is 1. The minimum Gasteiger partial charge on any atom is -0.493 e. The number of benzene rings is 2. The van der Waals surface area contributed by atoms with Gasteiger partial charge in [0.2, 0.25) is 10.6 Å². The number of rotatable bonds is 5. The third-order valence-electron chi connectivity index (χ3n) is 6.15. The molecule has 0 amide bonds. The van der Waals surface area contributed by atoms with E-state index in [0.29, 0.717) is 24.7 Å². The molecule has 3 aliphatic rings. The normalized spacial score (nSPS) is 18.5. The van der Waals surface area contributed by atoms with Crippen molar-refractivity contribution in [1.29, 1.82) is 0 Å². The fourth-order valence-corrected chi connectivity index (χ4v) is 5.33. The molecular weight excluding hydrogens is 473 g/mol. The zero-order valence-electron chi connectivity index (χ0n) is 17.9. The fourth-order valence-electron chi connectivity index (χ4n) is 4.65. The van der Waals surface area contributed by atoms with Crippen molar-refractivity contribution in [1.82, 2.24) is 4.90 Å². The van der Waals surface area contributed by atoms with Crippen LogP contribution in [0.2, 0.25) is 0 Å². The highest BCUT2D eigenvalue weighted by Gasteiger charge is 2.46. The van der Waals surface area contributed by atoms with Gasteiger partial charge in [-0.3, -0.25) is 0 Å². The molecule has 1 atom stereocenters. The van der Waals surface area contributed by atoms with Gasteiger partial charge in [-0.15, -0.1) is 0 Å². The maximum atomic E-state index is 6.63. The largest absolute Gasteiger partial charge is 0.493 e. The highest BCUT2D eigenvalue weighted by Crippen LogP contribution is 2.56. The van der Waals surface area contributed by atoms with Crippen LogP contribution in [-0.4, -0.2) is 35.7 Å². The highest BCUT2D eigenvalue weighted by atomic mass is 35.6. The molecule has 0 aromatic heterocycles. The lowest BCUT2D eigenvalue weighted by Gasteiger charge is -2.45. The third-order valence-corrected chi connectivity index (χ3v) is 6.77. The number of hydrogen-bond acceptors (Lipinski definition) is 5. The van der Waals surface area contributed by atoms with Gasteiger partial charge in [0, 0.05) is 23.4 Å². The molecule has 0 aliphatic carbocycles. The van der Waals surface area contributed by atoms with Gasteiger partial charge >= 0.3 is 0 Å². The first-order valence-corrected chi connectivity index (χ1v) is 11.9. The molecule has 2 aromatic carbocycles. The van der Waals surface area contributed by atoms with Crippen molar-refractivity contribution in [3.8, 4) is 23.0 Å². The van der Waals surface area contributed by atoms with Gasteiger partial charge in [-0.1, -0.05) is 54.2 Å². The maximum absolute atomic E-state index is 6.63. The summed E-state index contributed by atoms with van der Waals surface area (Å²) in [6, 6.07) is 7.45. The van der Waals surface area contributed by atoms with Crippen LogP contribution in [0.5, 0.6) is 23.0 Å². The van der Waals surface area contributed by atoms with Gasteiger partial charge in [-0.2, -0.15) is 0 Å². The summed E-state index contributed by atoms with van der Waals surface area (Å²) < 4.78 is 21.4. The predicted molar refractivity (Wildman–Crippen MR) is 127 cm³/mol. The lowest BCUT2D eigenvalue weighted by molar-refractivity contribution is 0.174. The Kier molecular flexibility index (Phi) is 5.77. The number of alkyl halides is 3. The van der Waals surface area contributed by atoms with E-state index >= 15 is 0 Å². The van der Waals surface area contributed by atoms with Gasteiger partial charge in [-0.05, 0) is 48.2 Å². The average Bonchev–Trinajstić information content (AvgIpc) is 3.23. The summed E-state index contributed by atoms with van der Waals surface area (Å²) in [5.41, 5.74) is 5.04. The summed E-state index contributed by atoms with van der Waals surface area (Å²) in [4.78, 5) is 2.16. The molecule has 0 spiro atoms. The molecule has 0 radical (unpaired) electrons. The number of unbranched alkanes of at least 4 members (excludes halogenated alkanes) is 1. The Morgan fingerprint density at radius 2 is 1.94 bits per heavy atom. The van der Waals surface area contributed by atoms with E-state index < -0.39 is 9.83 Å². The number of hydrogen-bond donors (Lipinski definition) is 0. The number of ether oxygens (including phenoxy) is 4. The van der Waals surface area contributed by atoms with Crippen LogP contribution < -0.4 is 18.9 Å². The predicted octanol–water partition coefficient (Wildman–Crippen LogP) is 6.38. The van der Waals surface area contributed by atoms with Gasteiger partial charge in [-0.25, -0.2) is 0 Å². The molecular formula is C24H24Cl3NO4. The van der Waals surface area contributed by atoms with E-state index in [2.05, 4.69) is 24.0 Å². The molecule has 2 aromatic rings. The molecule has 0 fully saturated rings. The lowest BCUT2D eigenvalue weighted by Crippen LogP contribution is -2.41. The van der Waals surface area contributed by atoms with E-state index in [0.717, 1.165) is 53.1 Å². The van der Waals surface area contributed by atoms with Gasteiger partial charge in [0.15, 0.2) is 23.0 Å². The van der Waals surface area contributed by atoms with Crippen LogP contribution >= 0.6 is 34.8 Å². The van der Waals surface area contributed by atoms with Crippen LogP contribution in [0.3, 0.4) is 0 Å². The van der Waals surface area contributed by atoms with Crippen LogP contribution in [-0.2, 0) is 6.42 Å². The van der Waals surface area contributed by atoms with Gasteiger partial charge in [0.25, 0.3) is 0 Å². The molecule has 1 unspecified atom stereocenters. The second-order valence-electron chi connectivity index (χ2n) is 8.08. The standard InChI is InChI=1S/C24H24Cl3NO4/c1-3-4-9-30-22-18(29-2)6-5-15-10-17-16-12-20-19(31-13-32-20)11-14(16)7-8-28(17)23(21(15)22)24(25,26)27/h5-6,10-12,23H,3-4,7-9,13H2,1-2H3. The SMILES string of the molecule is CCCCOc1c(OC)ccc2c1C(C(Cl)(Cl)Cl)N1CCc3cc4c(cc3C1=C2)OCO4. The number of halogens is 3. The molecule has 32 heavy (non-hydrogen) atoms. The van der Waals surface area contributed by atoms with Crippen LogP contribution in [0.1, 0.15) is 48.1 Å². The van der Waals surface area contributed by atoms with Crippen molar-refractivity contribution in [2.45, 2.75) is 36.0 Å².